The van der Waals surface area contributed by atoms with Crippen molar-refractivity contribution in [2.24, 2.45) is 0 Å². The number of hydrogen-bond donors (Lipinski definition) is 1. The van der Waals surface area contributed by atoms with E-state index in [1.807, 2.05) is 18.5 Å². The smallest absolute Gasteiger partial charge is 0.265 e. The molecule has 1 N–H and O–H groups in total. The maximum atomic E-state index is 14.0. The second-order valence-electron chi connectivity index (χ2n) is 6.64. The molecule has 28 heavy (non-hydrogen) atoms. The highest BCUT2D eigenvalue weighted by Gasteiger charge is 2.17. The number of anilines is 1. The number of fused-ring (bicyclic) bond motifs is 1. The number of halogens is 2. The average molecular weight is 414 g/mol. The van der Waals surface area contributed by atoms with Gasteiger partial charge in [0.2, 0.25) is 0 Å². The molecule has 0 fully saturated rings. The molecule has 0 saturated heterocycles. The van der Waals surface area contributed by atoms with Gasteiger partial charge in [0.1, 0.15) is 10.6 Å². The Morgan fingerprint density at radius 1 is 1.18 bits per heavy atom. The Hall–Kier alpha value is -2.70. The minimum Gasteiger partial charge on any atom is -0.319 e. The first-order valence-corrected chi connectivity index (χ1v) is 9.89. The maximum Gasteiger partial charge on any atom is 0.265 e. The summed E-state index contributed by atoms with van der Waals surface area (Å²) in [6.45, 7) is 4.59. The van der Waals surface area contributed by atoms with Crippen LogP contribution in [0.4, 0.5) is 10.1 Å². The molecule has 0 atom stereocenters. The van der Waals surface area contributed by atoms with Crippen molar-refractivity contribution >= 4 is 44.7 Å². The molecule has 4 nitrogen and oxygen atoms in total. The summed E-state index contributed by atoms with van der Waals surface area (Å²) in [6, 6.07) is 14.2. The monoisotopic (exact) mass is 413 g/mol. The molecule has 0 aliphatic heterocycles. The van der Waals surface area contributed by atoms with Crippen LogP contribution in [0, 0.1) is 19.7 Å². The molecule has 0 bridgehead atoms. The van der Waals surface area contributed by atoms with E-state index in [4.69, 9.17) is 11.6 Å². The van der Waals surface area contributed by atoms with Crippen molar-refractivity contribution < 1.29 is 9.18 Å². The molecule has 0 unspecified atom stereocenters. The lowest BCUT2D eigenvalue weighted by Crippen LogP contribution is -2.11. The third kappa shape index (κ3) is 3.66. The molecular weight excluding hydrogens is 397 g/mol. The van der Waals surface area contributed by atoms with Crippen molar-refractivity contribution in [2.45, 2.75) is 20.4 Å². The normalized spacial score (nSPS) is 11.1. The van der Waals surface area contributed by atoms with E-state index in [1.54, 1.807) is 6.07 Å². The van der Waals surface area contributed by atoms with Crippen LogP contribution in [0.1, 0.15) is 26.5 Å². The minimum atomic E-state index is -0.566. The molecule has 2 aromatic carbocycles. The van der Waals surface area contributed by atoms with Gasteiger partial charge < -0.3 is 5.32 Å². The van der Waals surface area contributed by atoms with Crippen LogP contribution in [-0.2, 0) is 6.54 Å². The van der Waals surface area contributed by atoms with E-state index in [2.05, 4.69) is 34.7 Å². The average Bonchev–Trinajstić information content (AvgIpc) is 3.21. The lowest BCUT2D eigenvalue weighted by Gasteiger charge is -2.05. The molecule has 0 saturated carbocycles. The predicted octanol–water partition coefficient (Wildman–Crippen LogP) is 5.81. The number of carbonyl (C=O) groups excluding carboxylic acids is 1. The molecule has 4 rings (SSSR count). The lowest BCUT2D eigenvalue weighted by atomic mass is 10.1. The van der Waals surface area contributed by atoms with Gasteiger partial charge in [-0.25, -0.2) is 4.39 Å². The highest BCUT2D eigenvalue weighted by molar-refractivity contribution is 7.20. The molecule has 0 aliphatic rings. The van der Waals surface area contributed by atoms with Crippen LogP contribution in [-0.4, -0.2) is 15.7 Å². The fourth-order valence-electron chi connectivity index (χ4n) is 2.97. The maximum absolute atomic E-state index is 14.0. The fraction of sp³-hybridized carbons (Fsp3) is 0.143. The number of carbonyl (C=O) groups is 1. The number of benzene rings is 2. The topological polar surface area (TPSA) is 46.9 Å². The number of rotatable bonds is 4. The first-order valence-electron chi connectivity index (χ1n) is 8.69. The van der Waals surface area contributed by atoms with Gasteiger partial charge in [0, 0.05) is 10.4 Å². The first kappa shape index (κ1) is 18.7. The molecule has 2 aromatic heterocycles. The molecule has 0 aliphatic carbocycles. The third-order valence-electron chi connectivity index (χ3n) is 4.46. The van der Waals surface area contributed by atoms with Crippen LogP contribution in [0.15, 0.2) is 48.5 Å². The van der Waals surface area contributed by atoms with Crippen LogP contribution in [0.3, 0.4) is 0 Å². The van der Waals surface area contributed by atoms with Crippen LogP contribution >= 0.6 is 22.9 Å². The SMILES string of the molecule is Cc1ccc(Cn2nc(C)c3cc(C(=O)Nc4ccc(Cl)cc4F)sc32)cc1. The molecule has 1 amide bonds. The molecule has 7 heteroatoms. The fourth-order valence-corrected chi connectivity index (χ4v) is 4.19. The van der Waals surface area contributed by atoms with Crippen molar-refractivity contribution in [1.29, 1.82) is 0 Å². The van der Waals surface area contributed by atoms with Crippen LogP contribution in [0.25, 0.3) is 10.2 Å². The summed E-state index contributed by atoms with van der Waals surface area (Å²) >= 11 is 7.10. The van der Waals surface area contributed by atoms with Gasteiger partial charge in [0.15, 0.2) is 0 Å². The van der Waals surface area contributed by atoms with Crippen molar-refractivity contribution in [1.82, 2.24) is 9.78 Å². The Kier molecular flexibility index (Phi) is 4.91. The number of thiophene rings is 1. The van der Waals surface area contributed by atoms with Gasteiger partial charge in [-0.05, 0) is 43.7 Å². The molecule has 0 radical (unpaired) electrons. The van der Waals surface area contributed by atoms with Crippen LogP contribution in [0.5, 0.6) is 0 Å². The largest absolute Gasteiger partial charge is 0.319 e. The number of aromatic nitrogens is 2. The summed E-state index contributed by atoms with van der Waals surface area (Å²) in [6.07, 6.45) is 0. The van der Waals surface area contributed by atoms with Crippen molar-refractivity contribution in [2.75, 3.05) is 5.32 Å². The van der Waals surface area contributed by atoms with Gasteiger partial charge >= 0.3 is 0 Å². The Morgan fingerprint density at radius 2 is 1.93 bits per heavy atom. The van der Waals surface area contributed by atoms with E-state index < -0.39 is 5.82 Å². The third-order valence-corrected chi connectivity index (χ3v) is 5.85. The minimum absolute atomic E-state index is 0.102. The van der Waals surface area contributed by atoms with Crippen molar-refractivity contribution in [3.05, 3.63) is 81.1 Å². The van der Waals surface area contributed by atoms with E-state index in [1.165, 1.54) is 35.1 Å². The van der Waals surface area contributed by atoms with Gasteiger partial charge in [-0.15, -0.1) is 11.3 Å². The first-order chi connectivity index (χ1) is 13.4. The zero-order valence-corrected chi connectivity index (χ0v) is 16.9. The molecule has 0 spiro atoms. The Morgan fingerprint density at radius 3 is 2.64 bits per heavy atom. The zero-order chi connectivity index (χ0) is 19.8. The van der Waals surface area contributed by atoms with Gasteiger partial charge in [-0.3, -0.25) is 9.48 Å². The Labute approximate surface area is 170 Å². The van der Waals surface area contributed by atoms with Gasteiger partial charge in [0.25, 0.3) is 5.91 Å². The van der Waals surface area contributed by atoms with E-state index in [-0.39, 0.29) is 16.6 Å². The summed E-state index contributed by atoms with van der Waals surface area (Å²) < 4.78 is 15.9. The lowest BCUT2D eigenvalue weighted by molar-refractivity contribution is 0.103. The van der Waals surface area contributed by atoms with Crippen LogP contribution < -0.4 is 5.32 Å². The molecule has 4 aromatic rings. The number of amides is 1. The number of nitrogens with one attached hydrogen (secondary N) is 1. The summed E-state index contributed by atoms with van der Waals surface area (Å²) in [7, 11) is 0. The summed E-state index contributed by atoms with van der Waals surface area (Å²) in [4.78, 5) is 14.0. The van der Waals surface area contributed by atoms with E-state index in [0.717, 1.165) is 21.5 Å². The van der Waals surface area contributed by atoms with E-state index in [9.17, 15) is 9.18 Å². The number of nitrogens with zero attached hydrogens (tertiary/aromatic N) is 2. The molecule has 2 heterocycles. The van der Waals surface area contributed by atoms with Crippen molar-refractivity contribution in [3.8, 4) is 0 Å². The summed E-state index contributed by atoms with van der Waals surface area (Å²) in [5.74, 6) is -0.924. The van der Waals surface area contributed by atoms with E-state index in [0.29, 0.717) is 11.4 Å². The zero-order valence-electron chi connectivity index (χ0n) is 15.3. The van der Waals surface area contributed by atoms with Crippen LogP contribution in [0.2, 0.25) is 5.02 Å². The number of hydrogen-bond acceptors (Lipinski definition) is 3. The highest BCUT2D eigenvalue weighted by atomic mass is 35.5. The van der Waals surface area contributed by atoms with Gasteiger partial charge in [-0.2, -0.15) is 5.10 Å². The standard InChI is InChI=1S/C21H17ClFN3OS/c1-12-3-5-14(6-4-12)11-26-21-16(13(2)25-26)10-19(28-21)20(27)24-18-8-7-15(22)9-17(18)23/h3-10H,11H2,1-2H3,(H,24,27). The number of aryl methyl sites for hydroxylation is 2. The quantitative estimate of drug-likeness (QED) is 0.459. The summed E-state index contributed by atoms with van der Waals surface area (Å²) in [5.41, 5.74) is 3.30. The second-order valence-corrected chi connectivity index (χ2v) is 8.10. The van der Waals surface area contributed by atoms with Gasteiger partial charge in [0.05, 0.1) is 22.8 Å². The molecule has 142 valence electrons. The predicted molar refractivity (Wildman–Crippen MR) is 112 cm³/mol. The van der Waals surface area contributed by atoms with Crippen molar-refractivity contribution in [3.63, 3.8) is 0 Å². The van der Waals surface area contributed by atoms with Gasteiger partial charge in [-0.1, -0.05) is 41.4 Å². The highest BCUT2D eigenvalue weighted by Crippen LogP contribution is 2.30. The summed E-state index contributed by atoms with van der Waals surface area (Å²) in [5, 5.41) is 8.42. The van der Waals surface area contributed by atoms with E-state index >= 15 is 0 Å². The Bertz CT molecular complexity index is 1180. The molecular formula is C21H17ClFN3OS. The Balaban J connectivity index is 1.62. The second kappa shape index (κ2) is 7.37.